The number of hydrogen-bond donors (Lipinski definition) is 0. The van der Waals surface area contributed by atoms with E-state index >= 15 is 0 Å². The van der Waals surface area contributed by atoms with Crippen LogP contribution in [0.25, 0.3) is 0 Å². The van der Waals surface area contributed by atoms with Crippen molar-refractivity contribution in [2.75, 3.05) is 32.1 Å². The summed E-state index contributed by atoms with van der Waals surface area (Å²) in [5.74, 6) is -0.544. The zero-order chi connectivity index (χ0) is 17.5. The van der Waals surface area contributed by atoms with Crippen LogP contribution in [-0.4, -0.2) is 56.0 Å². The number of carbonyl (C=O) groups is 1. The first-order valence-corrected chi connectivity index (χ1v) is 9.81. The third kappa shape index (κ3) is 2.63. The van der Waals surface area contributed by atoms with Crippen molar-refractivity contribution in [3.8, 4) is 0 Å². The summed E-state index contributed by atoms with van der Waals surface area (Å²) in [4.78, 5) is 14.2. The molecule has 1 atom stereocenters. The molecule has 2 saturated heterocycles. The quantitative estimate of drug-likeness (QED) is 0.826. The van der Waals surface area contributed by atoms with Crippen LogP contribution in [0.5, 0.6) is 0 Å². The second-order valence-electron chi connectivity index (χ2n) is 6.65. The molecule has 1 unspecified atom stereocenters. The second kappa shape index (κ2) is 6.11. The summed E-state index contributed by atoms with van der Waals surface area (Å²) in [5, 5.41) is 0. The highest BCUT2D eigenvalue weighted by Crippen LogP contribution is 2.45. The highest BCUT2D eigenvalue weighted by Gasteiger charge is 2.62. The molecule has 2 fully saturated rings. The number of halogens is 1. The van der Waals surface area contributed by atoms with Gasteiger partial charge in [0, 0.05) is 31.2 Å². The Morgan fingerprint density at radius 2 is 2.12 bits per heavy atom. The normalized spacial score (nSPS) is 24.1. The van der Waals surface area contributed by atoms with Crippen molar-refractivity contribution in [3.05, 3.63) is 35.1 Å². The fraction of sp³-hybridized carbons (Fsp3) is 0.588. The number of sulfone groups is 1. The summed E-state index contributed by atoms with van der Waals surface area (Å²) in [6, 6.07) is 4.02. The minimum absolute atomic E-state index is 0.0687. The molecule has 0 aliphatic carbocycles. The number of rotatable bonds is 4. The Balaban J connectivity index is 1.78. The highest BCUT2D eigenvalue weighted by atomic mass is 32.2. The minimum atomic E-state index is -3.23. The van der Waals surface area contributed by atoms with E-state index in [4.69, 9.17) is 4.74 Å². The molecule has 3 rings (SSSR count). The number of likely N-dealkylation sites (tertiary alicyclic amines) is 1. The zero-order valence-electron chi connectivity index (χ0n) is 13.9. The van der Waals surface area contributed by atoms with Crippen molar-refractivity contribution in [1.29, 1.82) is 0 Å². The van der Waals surface area contributed by atoms with Gasteiger partial charge in [-0.1, -0.05) is 0 Å². The number of ether oxygens (including phenoxy) is 1. The number of carbonyl (C=O) groups excluding carboxylic acids is 1. The molecule has 0 radical (unpaired) electrons. The van der Waals surface area contributed by atoms with Gasteiger partial charge in [-0.3, -0.25) is 4.79 Å². The number of nitrogens with zero attached hydrogens (tertiary/aromatic N) is 1. The van der Waals surface area contributed by atoms with Gasteiger partial charge in [0.15, 0.2) is 9.84 Å². The standard InChI is InChI=1S/C17H22FNO4S/c1-3-23-9-13-6-7-24(21,22)17(13)10-19(11-17)16(20)15-5-4-14(18)8-12(15)2/h4-5,8,13H,3,6-7,9-11H2,1-2H3. The van der Waals surface area contributed by atoms with Gasteiger partial charge in [-0.15, -0.1) is 0 Å². The maximum absolute atomic E-state index is 13.2. The van der Waals surface area contributed by atoms with Crippen molar-refractivity contribution in [2.24, 2.45) is 5.92 Å². The summed E-state index contributed by atoms with van der Waals surface area (Å²) in [6.07, 6.45) is 0.583. The van der Waals surface area contributed by atoms with Crippen LogP contribution in [0.1, 0.15) is 29.3 Å². The first-order chi connectivity index (χ1) is 11.3. The maximum atomic E-state index is 13.2. The second-order valence-corrected chi connectivity index (χ2v) is 9.10. The first kappa shape index (κ1) is 17.4. The summed E-state index contributed by atoms with van der Waals surface area (Å²) >= 11 is 0. The number of amides is 1. The molecule has 132 valence electrons. The molecule has 2 aliphatic heterocycles. The van der Waals surface area contributed by atoms with E-state index in [0.717, 1.165) is 0 Å². The molecule has 7 heteroatoms. The van der Waals surface area contributed by atoms with Crippen LogP contribution in [0.2, 0.25) is 0 Å². The van der Waals surface area contributed by atoms with E-state index in [0.29, 0.717) is 30.8 Å². The van der Waals surface area contributed by atoms with Gasteiger partial charge in [0.05, 0.1) is 12.4 Å². The smallest absolute Gasteiger partial charge is 0.254 e. The summed E-state index contributed by atoms with van der Waals surface area (Å²) in [6.45, 7) is 4.91. The van der Waals surface area contributed by atoms with Gasteiger partial charge >= 0.3 is 0 Å². The van der Waals surface area contributed by atoms with E-state index in [1.807, 2.05) is 6.92 Å². The van der Waals surface area contributed by atoms with Crippen molar-refractivity contribution in [2.45, 2.75) is 25.0 Å². The number of aryl methyl sites for hydroxylation is 1. The van der Waals surface area contributed by atoms with E-state index in [1.54, 1.807) is 11.8 Å². The topological polar surface area (TPSA) is 63.7 Å². The van der Waals surface area contributed by atoms with E-state index in [2.05, 4.69) is 0 Å². The predicted octanol–water partition coefficient (Wildman–Crippen LogP) is 1.80. The average Bonchev–Trinajstić information content (AvgIpc) is 2.73. The molecule has 0 N–H and O–H groups in total. The average molecular weight is 355 g/mol. The SMILES string of the molecule is CCOCC1CCS(=O)(=O)C12CN(C(=O)c1ccc(F)cc1C)C2. The van der Waals surface area contributed by atoms with Crippen LogP contribution < -0.4 is 0 Å². The van der Waals surface area contributed by atoms with Gasteiger partial charge in [-0.2, -0.15) is 0 Å². The van der Waals surface area contributed by atoms with Crippen molar-refractivity contribution >= 4 is 15.7 Å². The Labute approximate surface area is 141 Å². The fourth-order valence-corrected chi connectivity index (χ4v) is 6.15. The highest BCUT2D eigenvalue weighted by molar-refractivity contribution is 7.93. The Bertz CT molecular complexity index is 756. The fourth-order valence-electron chi connectivity index (χ4n) is 3.75. The molecular weight excluding hydrogens is 333 g/mol. The molecule has 2 heterocycles. The molecule has 0 bridgehead atoms. The summed E-state index contributed by atoms with van der Waals surface area (Å²) < 4.78 is 42.8. The molecule has 2 aliphatic rings. The van der Waals surface area contributed by atoms with Gasteiger partial charge < -0.3 is 9.64 Å². The number of hydrogen-bond acceptors (Lipinski definition) is 4. The monoisotopic (exact) mass is 355 g/mol. The lowest BCUT2D eigenvalue weighted by molar-refractivity contribution is 0.0270. The Morgan fingerprint density at radius 3 is 2.75 bits per heavy atom. The molecule has 24 heavy (non-hydrogen) atoms. The molecule has 0 aromatic heterocycles. The van der Waals surface area contributed by atoms with E-state index in [-0.39, 0.29) is 36.5 Å². The van der Waals surface area contributed by atoms with E-state index in [1.165, 1.54) is 18.2 Å². The van der Waals surface area contributed by atoms with Crippen LogP contribution in [-0.2, 0) is 14.6 Å². The maximum Gasteiger partial charge on any atom is 0.254 e. The lowest BCUT2D eigenvalue weighted by Crippen LogP contribution is -2.68. The van der Waals surface area contributed by atoms with Crippen LogP contribution in [0.4, 0.5) is 4.39 Å². The molecule has 5 nitrogen and oxygen atoms in total. The lowest BCUT2D eigenvalue weighted by Gasteiger charge is -2.50. The molecule has 1 amide bonds. The first-order valence-electron chi connectivity index (χ1n) is 8.16. The minimum Gasteiger partial charge on any atom is -0.381 e. The summed E-state index contributed by atoms with van der Waals surface area (Å²) in [5.41, 5.74) is 0.976. The number of benzene rings is 1. The van der Waals surface area contributed by atoms with Crippen LogP contribution >= 0.6 is 0 Å². The molecular formula is C17H22FNO4S. The molecule has 0 saturated carbocycles. The Kier molecular flexibility index (Phi) is 4.42. The van der Waals surface area contributed by atoms with Crippen molar-refractivity contribution in [3.63, 3.8) is 0 Å². The molecule has 1 aromatic carbocycles. The predicted molar refractivity (Wildman–Crippen MR) is 88.2 cm³/mol. The van der Waals surface area contributed by atoms with Gasteiger partial charge in [0.2, 0.25) is 0 Å². The third-order valence-corrected chi connectivity index (χ3v) is 7.85. The summed E-state index contributed by atoms with van der Waals surface area (Å²) in [7, 11) is -3.23. The zero-order valence-corrected chi connectivity index (χ0v) is 14.7. The van der Waals surface area contributed by atoms with Crippen LogP contribution in [0, 0.1) is 18.7 Å². The van der Waals surface area contributed by atoms with E-state index < -0.39 is 14.6 Å². The largest absolute Gasteiger partial charge is 0.381 e. The van der Waals surface area contributed by atoms with Gasteiger partial charge in [-0.05, 0) is 44.0 Å². The Morgan fingerprint density at radius 1 is 1.42 bits per heavy atom. The lowest BCUT2D eigenvalue weighted by atomic mass is 9.83. The van der Waals surface area contributed by atoms with Crippen molar-refractivity contribution in [1.82, 2.24) is 4.90 Å². The third-order valence-electron chi connectivity index (χ3n) is 5.24. The van der Waals surface area contributed by atoms with E-state index in [9.17, 15) is 17.6 Å². The van der Waals surface area contributed by atoms with Gasteiger partial charge in [0.25, 0.3) is 5.91 Å². The molecule has 1 spiro atoms. The van der Waals surface area contributed by atoms with Gasteiger partial charge in [0.1, 0.15) is 10.6 Å². The molecule has 1 aromatic rings. The van der Waals surface area contributed by atoms with Crippen LogP contribution in [0.3, 0.4) is 0 Å². The Hall–Kier alpha value is -1.47. The van der Waals surface area contributed by atoms with Gasteiger partial charge in [-0.25, -0.2) is 12.8 Å². The van der Waals surface area contributed by atoms with Crippen LogP contribution in [0.15, 0.2) is 18.2 Å². The van der Waals surface area contributed by atoms with Crippen molar-refractivity contribution < 1.29 is 22.3 Å².